The first-order valence-electron chi connectivity index (χ1n) is 9.30. The second-order valence-electron chi connectivity index (χ2n) is 6.69. The molecule has 144 valence electrons. The molecule has 8 nitrogen and oxygen atoms in total. The van der Waals surface area contributed by atoms with E-state index in [0.29, 0.717) is 11.4 Å². The number of aromatic nitrogens is 5. The van der Waals surface area contributed by atoms with Crippen molar-refractivity contribution in [2.75, 3.05) is 44.4 Å². The number of halogens is 1. The SMILES string of the molecule is FCCOc1cc(-c2ccc(N3CCNCC3)nc2)c2c3cn[nH]c3nn2c1. The summed E-state index contributed by atoms with van der Waals surface area (Å²) >= 11 is 0. The molecule has 0 unspecified atom stereocenters. The average molecular weight is 381 g/mol. The van der Waals surface area contributed by atoms with E-state index in [0.717, 1.165) is 54.0 Å². The predicted molar refractivity (Wildman–Crippen MR) is 105 cm³/mol. The quantitative estimate of drug-likeness (QED) is 0.550. The van der Waals surface area contributed by atoms with Gasteiger partial charge in [-0.05, 0) is 18.2 Å². The number of aromatic amines is 1. The molecule has 0 atom stereocenters. The van der Waals surface area contributed by atoms with Crippen molar-refractivity contribution in [3.05, 3.63) is 36.8 Å². The summed E-state index contributed by atoms with van der Waals surface area (Å²) in [4.78, 5) is 6.94. The largest absolute Gasteiger partial charge is 0.489 e. The van der Waals surface area contributed by atoms with Gasteiger partial charge in [0.2, 0.25) is 0 Å². The number of hydrogen-bond acceptors (Lipinski definition) is 6. The molecule has 1 aliphatic heterocycles. The highest BCUT2D eigenvalue weighted by atomic mass is 19.1. The zero-order valence-corrected chi connectivity index (χ0v) is 15.2. The molecular weight excluding hydrogens is 361 g/mol. The lowest BCUT2D eigenvalue weighted by Crippen LogP contribution is -2.43. The summed E-state index contributed by atoms with van der Waals surface area (Å²) in [5, 5.41) is 15.7. The highest BCUT2D eigenvalue weighted by Crippen LogP contribution is 2.33. The Hall–Kier alpha value is -3.20. The van der Waals surface area contributed by atoms with Gasteiger partial charge in [-0.3, -0.25) is 5.10 Å². The molecule has 4 aromatic rings. The normalized spacial score (nSPS) is 14.8. The molecule has 0 bridgehead atoms. The third kappa shape index (κ3) is 2.93. The molecular formula is C19H20FN7O. The maximum atomic E-state index is 12.6. The van der Waals surface area contributed by atoms with Crippen LogP contribution in [0.25, 0.3) is 27.7 Å². The Morgan fingerprint density at radius 1 is 1.18 bits per heavy atom. The number of anilines is 1. The van der Waals surface area contributed by atoms with Crippen LogP contribution in [0.2, 0.25) is 0 Å². The third-order valence-corrected chi connectivity index (χ3v) is 4.95. The number of ether oxygens (including phenoxy) is 1. The summed E-state index contributed by atoms with van der Waals surface area (Å²) in [6.45, 7) is 3.28. The van der Waals surface area contributed by atoms with Crippen LogP contribution in [-0.4, -0.2) is 64.3 Å². The number of nitrogens with one attached hydrogen (secondary N) is 2. The lowest BCUT2D eigenvalue weighted by molar-refractivity contribution is 0.272. The van der Waals surface area contributed by atoms with Crippen molar-refractivity contribution in [1.29, 1.82) is 0 Å². The Labute approximate surface area is 160 Å². The summed E-state index contributed by atoms with van der Waals surface area (Å²) in [5.41, 5.74) is 3.46. The number of fused-ring (bicyclic) bond motifs is 3. The fourth-order valence-electron chi connectivity index (χ4n) is 3.62. The van der Waals surface area contributed by atoms with E-state index in [1.54, 1.807) is 16.9 Å². The van der Waals surface area contributed by atoms with Gasteiger partial charge >= 0.3 is 0 Å². The van der Waals surface area contributed by atoms with Gasteiger partial charge in [0.25, 0.3) is 0 Å². The Balaban J connectivity index is 1.59. The van der Waals surface area contributed by atoms with E-state index in [4.69, 9.17) is 4.74 Å². The zero-order chi connectivity index (χ0) is 18.9. The Bertz CT molecular complexity index is 1100. The minimum absolute atomic E-state index is 0.00577. The third-order valence-electron chi connectivity index (χ3n) is 4.95. The Morgan fingerprint density at radius 2 is 2.07 bits per heavy atom. The van der Waals surface area contributed by atoms with Gasteiger partial charge in [0, 0.05) is 43.5 Å². The van der Waals surface area contributed by atoms with Gasteiger partial charge in [-0.25, -0.2) is 13.9 Å². The minimum Gasteiger partial charge on any atom is -0.489 e. The van der Waals surface area contributed by atoms with Gasteiger partial charge in [0.1, 0.15) is 24.8 Å². The highest BCUT2D eigenvalue weighted by Gasteiger charge is 2.16. The van der Waals surface area contributed by atoms with E-state index in [1.807, 2.05) is 18.3 Å². The van der Waals surface area contributed by atoms with E-state index >= 15 is 0 Å². The number of H-pyrrole nitrogens is 1. The van der Waals surface area contributed by atoms with E-state index in [9.17, 15) is 4.39 Å². The molecule has 0 aliphatic carbocycles. The molecule has 0 aromatic carbocycles. The molecule has 0 amide bonds. The average Bonchev–Trinajstić information content (AvgIpc) is 3.33. The first-order chi connectivity index (χ1) is 13.8. The molecule has 5 heterocycles. The number of nitrogens with zero attached hydrogens (tertiary/aromatic N) is 5. The van der Waals surface area contributed by atoms with Crippen LogP contribution in [-0.2, 0) is 0 Å². The second-order valence-corrected chi connectivity index (χ2v) is 6.69. The molecule has 1 aliphatic rings. The van der Waals surface area contributed by atoms with Crippen molar-refractivity contribution in [3.8, 4) is 16.9 Å². The van der Waals surface area contributed by atoms with Crippen molar-refractivity contribution in [2.45, 2.75) is 0 Å². The second kappa shape index (κ2) is 7.08. The summed E-state index contributed by atoms with van der Waals surface area (Å²) in [5.74, 6) is 1.53. The fourth-order valence-corrected chi connectivity index (χ4v) is 3.62. The van der Waals surface area contributed by atoms with Crippen LogP contribution < -0.4 is 15.0 Å². The van der Waals surface area contributed by atoms with Crippen LogP contribution in [0.3, 0.4) is 0 Å². The maximum absolute atomic E-state index is 12.6. The summed E-state index contributed by atoms with van der Waals surface area (Å²) in [7, 11) is 0. The summed E-state index contributed by atoms with van der Waals surface area (Å²) in [6, 6.07) is 5.99. The van der Waals surface area contributed by atoms with E-state index in [2.05, 4.69) is 36.6 Å². The lowest BCUT2D eigenvalue weighted by Gasteiger charge is -2.28. The van der Waals surface area contributed by atoms with Gasteiger partial charge < -0.3 is 15.0 Å². The molecule has 5 rings (SSSR count). The van der Waals surface area contributed by atoms with Crippen molar-refractivity contribution < 1.29 is 9.13 Å². The van der Waals surface area contributed by atoms with Crippen LogP contribution in [0.4, 0.5) is 10.2 Å². The van der Waals surface area contributed by atoms with Crippen LogP contribution >= 0.6 is 0 Å². The van der Waals surface area contributed by atoms with Crippen molar-refractivity contribution in [3.63, 3.8) is 0 Å². The van der Waals surface area contributed by atoms with Crippen LogP contribution in [0.1, 0.15) is 0 Å². The first-order valence-corrected chi connectivity index (χ1v) is 9.30. The van der Waals surface area contributed by atoms with Gasteiger partial charge in [0.15, 0.2) is 5.65 Å². The molecule has 4 aromatic heterocycles. The van der Waals surface area contributed by atoms with Gasteiger partial charge in [-0.1, -0.05) is 0 Å². The first kappa shape index (κ1) is 16.9. The number of hydrogen-bond donors (Lipinski definition) is 2. The predicted octanol–water partition coefficient (Wildman–Crippen LogP) is 2.03. The molecule has 0 radical (unpaired) electrons. The van der Waals surface area contributed by atoms with Crippen LogP contribution in [0.15, 0.2) is 36.8 Å². The molecule has 0 spiro atoms. The number of piperazine rings is 1. The van der Waals surface area contributed by atoms with Gasteiger partial charge in [-0.15, -0.1) is 5.10 Å². The van der Waals surface area contributed by atoms with Crippen LogP contribution in [0, 0.1) is 0 Å². The summed E-state index contributed by atoms with van der Waals surface area (Å²) < 4.78 is 19.8. The number of rotatable bonds is 5. The Morgan fingerprint density at radius 3 is 2.86 bits per heavy atom. The van der Waals surface area contributed by atoms with E-state index < -0.39 is 6.67 Å². The topological polar surface area (TPSA) is 83.4 Å². The maximum Gasteiger partial charge on any atom is 0.178 e. The fraction of sp³-hybridized carbons (Fsp3) is 0.316. The Kier molecular flexibility index (Phi) is 4.28. The summed E-state index contributed by atoms with van der Waals surface area (Å²) in [6.07, 6.45) is 5.38. The number of pyridine rings is 2. The molecule has 1 saturated heterocycles. The van der Waals surface area contributed by atoms with Crippen molar-refractivity contribution in [2.24, 2.45) is 0 Å². The molecule has 9 heteroatoms. The van der Waals surface area contributed by atoms with Crippen molar-refractivity contribution in [1.82, 2.24) is 30.1 Å². The van der Waals surface area contributed by atoms with E-state index in [1.165, 1.54) is 0 Å². The molecule has 0 saturated carbocycles. The van der Waals surface area contributed by atoms with E-state index in [-0.39, 0.29) is 6.61 Å². The van der Waals surface area contributed by atoms with Crippen molar-refractivity contribution >= 4 is 22.4 Å². The smallest absolute Gasteiger partial charge is 0.178 e. The lowest BCUT2D eigenvalue weighted by atomic mass is 10.1. The number of alkyl halides is 1. The zero-order valence-electron chi connectivity index (χ0n) is 15.2. The molecule has 2 N–H and O–H groups in total. The van der Waals surface area contributed by atoms with Gasteiger partial charge in [0.05, 0.1) is 23.3 Å². The minimum atomic E-state index is -0.544. The monoisotopic (exact) mass is 381 g/mol. The molecule has 1 fully saturated rings. The van der Waals surface area contributed by atoms with Gasteiger partial charge in [-0.2, -0.15) is 5.10 Å². The standard InChI is InChI=1S/C19H20FN7O/c20-3-8-28-14-9-15(18-16-11-23-24-19(16)25-27(18)12-14)13-1-2-17(22-10-13)26-6-4-21-5-7-26/h1-2,9-12,21H,3-8H2,(H,24,25). The highest BCUT2D eigenvalue weighted by molar-refractivity contribution is 6.00. The van der Waals surface area contributed by atoms with Crippen LogP contribution in [0.5, 0.6) is 5.75 Å². The molecule has 28 heavy (non-hydrogen) atoms.